The Kier molecular flexibility index (Phi) is 6.10. The molecule has 4 nitrogen and oxygen atoms in total. The average Bonchev–Trinajstić information content (AvgIpc) is 2.58. The Hall–Kier alpha value is -2.20. The Bertz CT molecular complexity index is 599. The summed E-state index contributed by atoms with van der Waals surface area (Å²) in [6.45, 7) is 1.67. The van der Waals surface area contributed by atoms with Crippen LogP contribution >= 0.6 is 0 Å². The van der Waals surface area contributed by atoms with Crippen molar-refractivity contribution in [1.82, 2.24) is 5.32 Å². The fourth-order valence-electron chi connectivity index (χ4n) is 2.34. The highest BCUT2D eigenvalue weighted by molar-refractivity contribution is 5.43. The van der Waals surface area contributed by atoms with Gasteiger partial charge >= 0.3 is 0 Å². The summed E-state index contributed by atoms with van der Waals surface area (Å²) >= 11 is 0. The number of nitrogens with one attached hydrogen (secondary N) is 1. The maximum Gasteiger partial charge on any atom is 0.160 e. The Morgan fingerprint density at radius 3 is 2.27 bits per heavy atom. The standard InChI is InChI=1S/C18H23NO3/c1-20-16-7-5-4-6-15(16)13-19-11-10-14-8-9-17(21-2)18(12-14)22-3/h4-9,12,19H,10-11,13H2,1-3H3. The summed E-state index contributed by atoms with van der Waals surface area (Å²) in [6, 6.07) is 14.1. The molecule has 0 saturated carbocycles. The SMILES string of the molecule is COc1ccccc1CNCCc1ccc(OC)c(OC)c1. The minimum Gasteiger partial charge on any atom is -0.496 e. The van der Waals surface area contributed by atoms with Crippen LogP contribution in [0.25, 0.3) is 0 Å². The lowest BCUT2D eigenvalue weighted by Gasteiger charge is -2.11. The van der Waals surface area contributed by atoms with Gasteiger partial charge in [0.25, 0.3) is 0 Å². The quantitative estimate of drug-likeness (QED) is 0.761. The summed E-state index contributed by atoms with van der Waals surface area (Å²) in [4.78, 5) is 0. The average molecular weight is 301 g/mol. The zero-order valence-corrected chi connectivity index (χ0v) is 13.4. The zero-order chi connectivity index (χ0) is 15.8. The topological polar surface area (TPSA) is 39.7 Å². The molecule has 1 N–H and O–H groups in total. The highest BCUT2D eigenvalue weighted by Crippen LogP contribution is 2.27. The minimum absolute atomic E-state index is 0.758. The van der Waals surface area contributed by atoms with Crippen molar-refractivity contribution < 1.29 is 14.2 Å². The molecular weight excluding hydrogens is 278 g/mol. The third kappa shape index (κ3) is 4.15. The number of methoxy groups -OCH3 is 3. The van der Waals surface area contributed by atoms with Crippen LogP contribution in [0.4, 0.5) is 0 Å². The molecule has 118 valence electrons. The first-order chi connectivity index (χ1) is 10.8. The van der Waals surface area contributed by atoms with Gasteiger partial charge < -0.3 is 19.5 Å². The monoisotopic (exact) mass is 301 g/mol. The summed E-state index contributed by atoms with van der Waals surface area (Å²) in [7, 11) is 5.00. The smallest absolute Gasteiger partial charge is 0.160 e. The molecular formula is C18H23NO3. The first kappa shape index (κ1) is 16.2. The van der Waals surface area contributed by atoms with E-state index in [1.165, 1.54) is 5.56 Å². The van der Waals surface area contributed by atoms with E-state index >= 15 is 0 Å². The van der Waals surface area contributed by atoms with Crippen LogP contribution in [-0.4, -0.2) is 27.9 Å². The van der Waals surface area contributed by atoms with Crippen molar-refractivity contribution in [1.29, 1.82) is 0 Å². The maximum absolute atomic E-state index is 5.35. The first-order valence-corrected chi connectivity index (χ1v) is 7.32. The molecule has 0 unspecified atom stereocenters. The molecule has 2 aromatic carbocycles. The molecule has 4 heteroatoms. The Morgan fingerprint density at radius 2 is 1.55 bits per heavy atom. The van der Waals surface area contributed by atoms with E-state index in [4.69, 9.17) is 14.2 Å². The van der Waals surface area contributed by atoms with Crippen LogP contribution in [0.3, 0.4) is 0 Å². The van der Waals surface area contributed by atoms with Crippen molar-refractivity contribution in [3.63, 3.8) is 0 Å². The van der Waals surface area contributed by atoms with Gasteiger partial charge in [0.1, 0.15) is 5.75 Å². The highest BCUT2D eigenvalue weighted by Gasteiger charge is 2.05. The molecule has 0 bridgehead atoms. The molecule has 0 aromatic heterocycles. The predicted molar refractivity (Wildman–Crippen MR) is 88.0 cm³/mol. The van der Waals surface area contributed by atoms with Crippen LogP contribution in [0.2, 0.25) is 0 Å². The van der Waals surface area contributed by atoms with Crippen molar-refractivity contribution >= 4 is 0 Å². The molecule has 0 saturated heterocycles. The summed E-state index contributed by atoms with van der Waals surface area (Å²) in [5, 5.41) is 3.44. The van der Waals surface area contributed by atoms with Crippen LogP contribution in [-0.2, 0) is 13.0 Å². The van der Waals surface area contributed by atoms with E-state index in [1.54, 1.807) is 21.3 Å². The molecule has 0 radical (unpaired) electrons. The van der Waals surface area contributed by atoms with Crippen LogP contribution in [0.5, 0.6) is 17.2 Å². The van der Waals surface area contributed by atoms with E-state index in [0.717, 1.165) is 42.3 Å². The number of benzene rings is 2. The second kappa shape index (κ2) is 8.29. The van der Waals surface area contributed by atoms with Crippen molar-refractivity contribution in [2.75, 3.05) is 27.9 Å². The van der Waals surface area contributed by atoms with Gasteiger partial charge in [0.05, 0.1) is 21.3 Å². The van der Waals surface area contributed by atoms with Gasteiger partial charge in [-0.1, -0.05) is 24.3 Å². The number of ether oxygens (including phenoxy) is 3. The molecule has 0 aliphatic carbocycles. The fraction of sp³-hybridized carbons (Fsp3) is 0.333. The summed E-state index contributed by atoms with van der Waals surface area (Å²) < 4.78 is 15.9. The van der Waals surface area contributed by atoms with E-state index in [2.05, 4.69) is 17.4 Å². The van der Waals surface area contributed by atoms with Gasteiger partial charge in [0.15, 0.2) is 11.5 Å². The van der Waals surface area contributed by atoms with Gasteiger partial charge in [-0.2, -0.15) is 0 Å². The molecule has 0 amide bonds. The second-order valence-corrected chi connectivity index (χ2v) is 4.93. The van der Waals surface area contributed by atoms with Gasteiger partial charge in [0.2, 0.25) is 0 Å². The number of hydrogen-bond acceptors (Lipinski definition) is 4. The lowest BCUT2D eigenvalue weighted by molar-refractivity contribution is 0.354. The van der Waals surface area contributed by atoms with Gasteiger partial charge in [-0.05, 0) is 36.7 Å². The van der Waals surface area contributed by atoms with E-state index in [-0.39, 0.29) is 0 Å². The lowest BCUT2D eigenvalue weighted by atomic mass is 10.1. The zero-order valence-electron chi connectivity index (χ0n) is 13.4. The summed E-state index contributed by atoms with van der Waals surface area (Å²) in [5.41, 5.74) is 2.38. The Balaban J connectivity index is 1.86. The summed E-state index contributed by atoms with van der Waals surface area (Å²) in [6.07, 6.45) is 0.926. The minimum atomic E-state index is 0.758. The molecule has 0 atom stereocenters. The van der Waals surface area contributed by atoms with Crippen LogP contribution in [0.15, 0.2) is 42.5 Å². The molecule has 2 aromatic rings. The third-order valence-electron chi connectivity index (χ3n) is 3.55. The lowest BCUT2D eigenvalue weighted by Crippen LogP contribution is -2.17. The first-order valence-electron chi connectivity index (χ1n) is 7.32. The van der Waals surface area contributed by atoms with Gasteiger partial charge in [0, 0.05) is 12.1 Å². The second-order valence-electron chi connectivity index (χ2n) is 4.93. The van der Waals surface area contributed by atoms with Crippen molar-refractivity contribution in [2.24, 2.45) is 0 Å². The van der Waals surface area contributed by atoms with E-state index in [0.29, 0.717) is 0 Å². The number of hydrogen-bond donors (Lipinski definition) is 1. The number of para-hydroxylation sites is 1. The molecule has 0 heterocycles. The van der Waals surface area contributed by atoms with Gasteiger partial charge in [-0.15, -0.1) is 0 Å². The predicted octanol–water partition coefficient (Wildman–Crippen LogP) is 3.04. The van der Waals surface area contributed by atoms with E-state index in [1.807, 2.05) is 30.3 Å². The van der Waals surface area contributed by atoms with Gasteiger partial charge in [-0.25, -0.2) is 0 Å². The highest BCUT2D eigenvalue weighted by atomic mass is 16.5. The maximum atomic E-state index is 5.35. The van der Waals surface area contributed by atoms with Crippen LogP contribution in [0, 0.1) is 0 Å². The molecule has 2 rings (SSSR count). The normalized spacial score (nSPS) is 10.3. The van der Waals surface area contributed by atoms with Gasteiger partial charge in [-0.3, -0.25) is 0 Å². The molecule has 22 heavy (non-hydrogen) atoms. The van der Waals surface area contributed by atoms with Crippen molar-refractivity contribution in [3.05, 3.63) is 53.6 Å². The molecule has 0 aliphatic heterocycles. The van der Waals surface area contributed by atoms with E-state index < -0.39 is 0 Å². The van der Waals surface area contributed by atoms with Crippen molar-refractivity contribution in [2.45, 2.75) is 13.0 Å². The Labute approximate surface area is 132 Å². The third-order valence-corrected chi connectivity index (χ3v) is 3.55. The molecule has 0 fully saturated rings. The molecule has 0 spiro atoms. The van der Waals surface area contributed by atoms with Crippen LogP contribution < -0.4 is 19.5 Å². The largest absolute Gasteiger partial charge is 0.496 e. The Morgan fingerprint density at radius 1 is 0.818 bits per heavy atom. The summed E-state index contributed by atoms with van der Waals surface area (Å²) in [5.74, 6) is 2.44. The van der Waals surface area contributed by atoms with E-state index in [9.17, 15) is 0 Å². The van der Waals surface area contributed by atoms with Crippen LogP contribution in [0.1, 0.15) is 11.1 Å². The fourth-order valence-corrected chi connectivity index (χ4v) is 2.34. The molecule has 0 aliphatic rings. The number of rotatable bonds is 8. The van der Waals surface area contributed by atoms with Crippen molar-refractivity contribution in [3.8, 4) is 17.2 Å².